The number of nitrogens with one attached hydrogen (secondary N) is 1. The average Bonchev–Trinajstić information content (AvgIpc) is 2.53. The second-order valence-corrected chi connectivity index (χ2v) is 8.11. The van der Waals surface area contributed by atoms with Crippen molar-refractivity contribution in [1.29, 1.82) is 0 Å². The van der Waals surface area contributed by atoms with E-state index in [1.807, 2.05) is 45.0 Å². The number of halogens is 1. The number of fused-ring (bicyclic) bond motifs is 4. The Bertz CT molecular complexity index is 894. The van der Waals surface area contributed by atoms with Crippen molar-refractivity contribution in [2.24, 2.45) is 0 Å². The third-order valence-corrected chi connectivity index (χ3v) is 5.44. The zero-order valence-corrected chi connectivity index (χ0v) is 16.8. The van der Waals surface area contributed by atoms with Gasteiger partial charge < -0.3 is 14.8 Å². The Morgan fingerprint density at radius 2 is 1.92 bits per heavy atom. The van der Waals surface area contributed by atoms with Crippen molar-refractivity contribution in [2.45, 2.75) is 39.0 Å². The van der Waals surface area contributed by atoms with Crippen LogP contribution in [0.5, 0.6) is 11.5 Å². The molecule has 2 bridgehead atoms. The van der Waals surface area contributed by atoms with Gasteiger partial charge in [-0.3, -0.25) is 4.90 Å². The van der Waals surface area contributed by atoms with Gasteiger partial charge >= 0.3 is 6.03 Å². The lowest BCUT2D eigenvalue weighted by Crippen LogP contribution is -2.65. The van der Waals surface area contributed by atoms with Crippen LogP contribution < -0.4 is 19.7 Å². The maximum atomic E-state index is 13.0. The molecule has 5 nitrogen and oxygen atoms in total. The van der Waals surface area contributed by atoms with Gasteiger partial charge in [0, 0.05) is 22.1 Å². The fraction of sp³-hybridized carbons (Fsp3) is 0.350. The quantitative estimate of drug-likeness (QED) is 0.761. The molecule has 1 saturated heterocycles. The number of carbonyl (C=O) groups is 1. The van der Waals surface area contributed by atoms with Crippen LogP contribution in [0.2, 0.25) is 0 Å². The van der Waals surface area contributed by atoms with Crippen LogP contribution >= 0.6 is 15.9 Å². The van der Waals surface area contributed by atoms with E-state index in [4.69, 9.17) is 9.47 Å². The molecule has 1 N–H and O–H groups in total. The van der Waals surface area contributed by atoms with Crippen LogP contribution in [-0.2, 0) is 0 Å². The highest BCUT2D eigenvalue weighted by Crippen LogP contribution is 2.50. The smallest absolute Gasteiger partial charge is 0.325 e. The van der Waals surface area contributed by atoms with Crippen LogP contribution in [0.1, 0.15) is 36.1 Å². The van der Waals surface area contributed by atoms with E-state index >= 15 is 0 Å². The molecule has 2 atom stereocenters. The summed E-state index contributed by atoms with van der Waals surface area (Å²) in [6, 6.07) is 9.70. The van der Waals surface area contributed by atoms with E-state index in [2.05, 4.69) is 27.3 Å². The Morgan fingerprint density at radius 1 is 1.23 bits per heavy atom. The number of hydrogen-bond acceptors (Lipinski definition) is 3. The second-order valence-electron chi connectivity index (χ2n) is 7.19. The molecular formula is C20H21BrN2O3. The first-order valence-corrected chi connectivity index (χ1v) is 9.35. The van der Waals surface area contributed by atoms with E-state index in [0.29, 0.717) is 17.9 Å². The largest absolute Gasteiger partial charge is 0.493 e. The van der Waals surface area contributed by atoms with E-state index in [-0.39, 0.29) is 12.1 Å². The second kappa shape index (κ2) is 5.91. The number of carbonyl (C=O) groups excluding carboxylic acids is 1. The number of urea groups is 1. The summed E-state index contributed by atoms with van der Waals surface area (Å²) >= 11 is 3.51. The highest BCUT2D eigenvalue weighted by molar-refractivity contribution is 9.10. The summed E-state index contributed by atoms with van der Waals surface area (Å²) in [6.45, 7) is 6.02. The Labute approximate surface area is 161 Å². The summed E-state index contributed by atoms with van der Waals surface area (Å²) in [7, 11) is 1.62. The monoisotopic (exact) mass is 416 g/mol. The number of rotatable bonds is 2. The van der Waals surface area contributed by atoms with E-state index in [1.54, 1.807) is 12.0 Å². The van der Waals surface area contributed by atoms with Crippen molar-refractivity contribution in [3.05, 3.63) is 51.5 Å². The molecule has 4 rings (SSSR count). The average molecular weight is 417 g/mol. The first-order valence-electron chi connectivity index (χ1n) is 8.56. The summed E-state index contributed by atoms with van der Waals surface area (Å²) in [5.74, 6) is 1.34. The van der Waals surface area contributed by atoms with E-state index < -0.39 is 5.72 Å². The minimum Gasteiger partial charge on any atom is -0.493 e. The molecular weight excluding hydrogens is 396 g/mol. The van der Waals surface area contributed by atoms with Crippen molar-refractivity contribution in [3.8, 4) is 11.5 Å². The van der Waals surface area contributed by atoms with Crippen molar-refractivity contribution >= 4 is 27.6 Å². The van der Waals surface area contributed by atoms with Crippen LogP contribution in [0.3, 0.4) is 0 Å². The van der Waals surface area contributed by atoms with E-state index in [0.717, 1.165) is 26.9 Å². The predicted molar refractivity (Wildman–Crippen MR) is 104 cm³/mol. The van der Waals surface area contributed by atoms with Crippen LogP contribution in [0, 0.1) is 13.8 Å². The molecule has 136 valence electrons. The molecule has 2 aromatic carbocycles. The highest BCUT2D eigenvalue weighted by Gasteiger charge is 2.50. The van der Waals surface area contributed by atoms with Crippen molar-refractivity contribution in [1.82, 2.24) is 5.32 Å². The Morgan fingerprint density at radius 3 is 2.58 bits per heavy atom. The molecule has 0 unspecified atom stereocenters. The summed E-state index contributed by atoms with van der Waals surface area (Å²) in [5, 5.41) is 3.13. The van der Waals surface area contributed by atoms with Crippen LogP contribution in [-0.4, -0.2) is 18.9 Å². The molecule has 0 aliphatic carbocycles. The van der Waals surface area contributed by atoms with Gasteiger partial charge in [0.1, 0.15) is 0 Å². The first-order chi connectivity index (χ1) is 12.3. The fourth-order valence-corrected chi connectivity index (χ4v) is 4.48. The van der Waals surface area contributed by atoms with Crippen LogP contribution in [0.4, 0.5) is 10.5 Å². The normalized spacial score (nSPS) is 23.8. The predicted octanol–water partition coefficient (Wildman–Crippen LogP) is 4.84. The zero-order valence-electron chi connectivity index (χ0n) is 15.2. The van der Waals surface area contributed by atoms with Crippen molar-refractivity contribution in [2.75, 3.05) is 12.0 Å². The maximum absolute atomic E-state index is 13.0. The Balaban J connectivity index is 1.85. The van der Waals surface area contributed by atoms with Gasteiger partial charge in [-0.25, -0.2) is 4.79 Å². The summed E-state index contributed by atoms with van der Waals surface area (Å²) in [6.07, 6.45) is 0.651. The number of anilines is 1. The molecule has 0 saturated carbocycles. The number of hydrogen-bond donors (Lipinski definition) is 1. The zero-order chi connectivity index (χ0) is 18.6. The summed E-state index contributed by atoms with van der Waals surface area (Å²) in [4.78, 5) is 14.7. The minimum atomic E-state index is -0.790. The van der Waals surface area contributed by atoms with Crippen LogP contribution in [0.15, 0.2) is 34.8 Å². The minimum absolute atomic E-state index is 0.121. The van der Waals surface area contributed by atoms with E-state index in [9.17, 15) is 4.79 Å². The Hall–Kier alpha value is -2.21. The topological polar surface area (TPSA) is 50.8 Å². The van der Waals surface area contributed by atoms with Gasteiger partial charge in [0.25, 0.3) is 0 Å². The van der Waals surface area contributed by atoms with Gasteiger partial charge in [-0.1, -0.05) is 22.0 Å². The Kier molecular flexibility index (Phi) is 3.91. The summed E-state index contributed by atoms with van der Waals surface area (Å²) in [5.41, 5.74) is 3.19. The molecule has 2 aromatic rings. The van der Waals surface area contributed by atoms with E-state index in [1.165, 1.54) is 0 Å². The number of aryl methyl sites for hydroxylation is 2. The lowest BCUT2D eigenvalue weighted by molar-refractivity contribution is 0.0349. The van der Waals surface area contributed by atoms with Gasteiger partial charge in [0.15, 0.2) is 17.2 Å². The standard InChI is InChI=1S/C20H21BrN2O3/c1-11-5-12(2)7-14(6-11)23-19(24)22-16-10-20(23,3)26-18-15(16)8-13(21)9-17(18)25-4/h5-9,16H,10H2,1-4H3,(H,22,24)/t16-,20-/m0/s1. The molecule has 2 aliphatic heterocycles. The summed E-state index contributed by atoms with van der Waals surface area (Å²) < 4.78 is 12.8. The van der Waals surface area contributed by atoms with Gasteiger partial charge in [0.05, 0.1) is 13.2 Å². The molecule has 0 radical (unpaired) electrons. The van der Waals surface area contributed by atoms with Gasteiger partial charge in [-0.15, -0.1) is 0 Å². The number of methoxy groups -OCH3 is 1. The number of ether oxygens (including phenoxy) is 2. The lowest BCUT2D eigenvalue weighted by atomic mass is 9.89. The van der Waals surface area contributed by atoms with Crippen LogP contribution in [0.25, 0.3) is 0 Å². The fourth-order valence-electron chi connectivity index (χ4n) is 4.02. The molecule has 2 heterocycles. The first kappa shape index (κ1) is 17.2. The number of nitrogens with zero attached hydrogens (tertiary/aromatic N) is 1. The van der Waals surface area contributed by atoms with Gasteiger partial charge in [-0.05, 0) is 56.2 Å². The highest BCUT2D eigenvalue weighted by atomic mass is 79.9. The van der Waals surface area contributed by atoms with Gasteiger partial charge in [-0.2, -0.15) is 0 Å². The van der Waals surface area contributed by atoms with Crippen molar-refractivity contribution in [3.63, 3.8) is 0 Å². The molecule has 6 heteroatoms. The van der Waals surface area contributed by atoms with Gasteiger partial charge in [0.2, 0.25) is 0 Å². The maximum Gasteiger partial charge on any atom is 0.325 e. The number of amides is 2. The number of benzene rings is 2. The third kappa shape index (κ3) is 2.63. The molecule has 2 aliphatic rings. The molecule has 2 amide bonds. The molecule has 26 heavy (non-hydrogen) atoms. The van der Waals surface area contributed by atoms with Crippen molar-refractivity contribution < 1.29 is 14.3 Å². The SMILES string of the molecule is COc1cc(Br)cc2c1O[C@@]1(C)C[C@@H]2NC(=O)N1c1cc(C)cc(C)c1. The molecule has 1 fully saturated rings. The molecule has 0 spiro atoms. The lowest BCUT2D eigenvalue weighted by Gasteiger charge is -2.50. The third-order valence-electron chi connectivity index (χ3n) is 4.99. The molecule has 0 aromatic heterocycles.